The molecule has 0 N–H and O–H groups in total. The van der Waals surface area contributed by atoms with E-state index in [0.29, 0.717) is 6.42 Å². The van der Waals surface area contributed by atoms with Crippen LogP contribution in [0.5, 0.6) is 0 Å². The van der Waals surface area contributed by atoms with Gasteiger partial charge in [0.2, 0.25) is 0 Å². The second kappa shape index (κ2) is 4.51. The fourth-order valence-electron chi connectivity index (χ4n) is 1.53. The highest BCUT2D eigenvalue weighted by atomic mass is 16.2. The minimum Gasteiger partial charge on any atom is -0.246 e. The van der Waals surface area contributed by atoms with Crippen molar-refractivity contribution in [2.75, 3.05) is 0 Å². The molecule has 1 aromatic carbocycles. The standard InChI is InChI=1S/C11H10N4O/c12-13-14-15-10(8-11(15)16)7-6-9-4-2-1-3-5-9/h1-7,10H,8H2/b7-6-. The zero-order valence-corrected chi connectivity index (χ0v) is 8.52. The van der Waals surface area contributed by atoms with Crippen molar-refractivity contribution < 1.29 is 4.79 Å². The number of β-lactam (4-membered cyclic amide) rings is 1. The summed E-state index contributed by atoms with van der Waals surface area (Å²) in [6.07, 6.45) is 4.19. The molecule has 2 rings (SSSR count). The molecule has 16 heavy (non-hydrogen) atoms. The third-order valence-electron chi connectivity index (χ3n) is 2.40. The molecule has 80 valence electrons. The van der Waals surface area contributed by atoms with Gasteiger partial charge in [-0.15, -0.1) is 5.53 Å². The molecule has 1 atom stereocenters. The second-order valence-electron chi connectivity index (χ2n) is 3.46. The van der Waals surface area contributed by atoms with Gasteiger partial charge in [-0.3, -0.25) is 0 Å². The number of carbonyl (C=O) groups is 1. The van der Waals surface area contributed by atoms with Crippen molar-refractivity contribution in [3.63, 3.8) is 0 Å². The van der Waals surface area contributed by atoms with E-state index in [1.54, 1.807) is 0 Å². The number of azide groups is 1. The van der Waals surface area contributed by atoms with Gasteiger partial charge < -0.3 is 0 Å². The smallest absolute Gasteiger partial charge is 0.246 e. The van der Waals surface area contributed by atoms with Gasteiger partial charge in [-0.05, 0) is 16.9 Å². The van der Waals surface area contributed by atoms with Crippen molar-refractivity contribution in [3.05, 3.63) is 52.4 Å². The maximum Gasteiger partial charge on any atom is 0.317 e. The molecule has 1 amide bonds. The second-order valence-corrected chi connectivity index (χ2v) is 3.46. The van der Waals surface area contributed by atoms with Crippen molar-refractivity contribution in [1.82, 2.24) is 5.01 Å². The molecule has 1 fully saturated rings. The molecule has 1 saturated heterocycles. The first-order chi connectivity index (χ1) is 7.81. The quantitative estimate of drug-likeness (QED) is 0.330. The van der Waals surface area contributed by atoms with Crippen LogP contribution >= 0.6 is 0 Å². The van der Waals surface area contributed by atoms with Gasteiger partial charge in [0.05, 0.1) is 6.42 Å². The lowest BCUT2D eigenvalue weighted by Gasteiger charge is -2.27. The van der Waals surface area contributed by atoms with Crippen molar-refractivity contribution in [3.8, 4) is 0 Å². The molecule has 5 nitrogen and oxygen atoms in total. The predicted molar refractivity (Wildman–Crippen MR) is 59.9 cm³/mol. The lowest BCUT2D eigenvalue weighted by molar-refractivity contribution is -0.143. The molecular formula is C11H10N4O. The Morgan fingerprint density at radius 3 is 2.81 bits per heavy atom. The zero-order chi connectivity index (χ0) is 11.4. The van der Waals surface area contributed by atoms with Crippen LogP contribution in [0, 0.1) is 0 Å². The van der Waals surface area contributed by atoms with Crippen LogP contribution in [0.3, 0.4) is 0 Å². The highest BCUT2D eigenvalue weighted by Crippen LogP contribution is 2.21. The van der Waals surface area contributed by atoms with Gasteiger partial charge in [-0.1, -0.05) is 36.4 Å². The molecule has 0 spiro atoms. The Morgan fingerprint density at radius 2 is 2.19 bits per heavy atom. The van der Waals surface area contributed by atoms with Crippen LogP contribution in [0.1, 0.15) is 12.0 Å². The van der Waals surface area contributed by atoms with Gasteiger partial charge in [-0.2, -0.15) is 9.92 Å². The summed E-state index contributed by atoms with van der Waals surface area (Å²) in [5.41, 5.74) is 9.32. The molecule has 0 aromatic heterocycles. The number of hydrogen-bond donors (Lipinski definition) is 0. The Morgan fingerprint density at radius 1 is 1.44 bits per heavy atom. The minimum atomic E-state index is -0.138. The molecule has 0 aliphatic carbocycles. The molecule has 0 bridgehead atoms. The van der Waals surface area contributed by atoms with Crippen LogP contribution in [-0.2, 0) is 4.79 Å². The van der Waals surface area contributed by atoms with Gasteiger partial charge in [0.25, 0.3) is 0 Å². The minimum absolute atomic E-state index is 0.108. The van der Waals surface area contributed by atoms with Crippen molar-refractivity contribution >= 4 is 12.0 Å². The molecule has 1 aliphatic rings. The fourth-order valence-corrected chi connectivity index (χ4v) is 1.53. The Labute approximate surface area is 92.6 Å². The summed E-state index contributed by atoms with van der Waals surface area (Å²) in [6, 6.07) is 9.65. The number of benzene rings is 1. The van der Waals surface area contributed by atoms with E-state index in [1.165, 1.54) is 0 Å². The van der Waals surface area contributed by atoms with E-state index in [9.17, 15) is 4.79 Å². The average Bonchev–Trinajstić information content (AvgIpc) is 2.32. The van der Waals surface area contributed by atoms with E-state index in [1.807, 2.05) is 42.5 Å². The molecule has 1 unspecified atom stereocenters. The maximum absolute atomic E-state index is 11.1. The zero-order valence-electron chi connectivity index (χ0n) is 8.52. The SMILES string of the molecule is [N-]=[N+]=NN1C(=O)CC1/C=C\c1ccccc1. The largest absolute Gasteiger partial charge is 0.317 e. The Kier molecular flexibility index (Phi) is 2.89. The molecule has 0 saturated carbocycles. The van der Waals surface area contributed by atoms with Gasteiger partial charge in [0, 0.05) is 0 Å². The van der Waals surface area contributed by atoms with Crippen LogP contribution in [0.2, 0.25) is 0 Å². The van der Waals surface area contributed by atoms with Crippen LogP contribution < -0.4 is 0 Å². The monoisotopic (exact) mass is 214 g/mol. The number of rotatable bonds is 3. The summed E-state index contributed by atoms with van der Waals surface area (Å²) < 4.78 is 0. The fraction of sp³-hybridized carbons (Fsp3) is 0.182. The number of amides is 1. The molecule has 5 heteroatoms. The molecule has 0 radical (unpaired) electrons. The van der Waals surface area contributed by atoms with Crippen molar-refractivity contribution in [1.29, 1.82) is 0 Å². The topological polar surface area (TPSA) is 69.1 Å². The van der Waals surface area contributed by atoms with Gasteiger partial charge in [-0.25, -0.2) is 4.79 Å². The highest BCUT2D eigenvalue weighted by molar-refractivity contribution is 5.83. The number of nitrogens with zero attached hydrogens (tertiary/aromatic N) is 4. The van der Waals surface area contributed by atoms with Gasteiger partial charge in [0.1, 0.15) is 6.04 Å². The summed E-state index contributed by atoms with van der Waals surface area (Å²) >= 11 is 0. The Bertz CT molecular complexity index is 460. The van der Waals surface area contributed by atoms with E-state index >= 15 is 0 Å². The Hall–Kier alpha value is -2.26. The van der Waals surface area contributed by atoms with Crippen molar-refractivity contribution in [2.24, 2.45) is 5.22 Å². The lowest BCUT2D eigenvalue weighted by atomic mass is 10.0. The summed E-state index contributed by atoms with van der Waals surface area (Å²) in [7, 11) is 0. The first-order valence-electron chi connectivity index (χ1n) is 4.91. The number of hydrogen-bond acceptors (Lipinski definition) is 2. The molecular weight excluding hydrogens is 204 g/mol. The van der Waals surface area contributed by atoms with E-state index in [4.69, 9.17) is 5.53 Å². The van der Waals surface area contributed by atoms with Crippen LogP contribution in [0.4, 0.5) is 0 Å². The maximum atomic E-state index is 11.1. The van der Waals surface area contributed by atoms with E-state index < -0.39 is 0 Å². The third-order valence-corrected chi connectivity index (χ3v) is 2.40. The summed E-state index contributed by atoms with van der Waals surface area (Å²) in [5, 5.41) is 4.47. The van der Waals surface area contributed by atoms with E-state index in [-0.39, 0.29) is 11.9 Å². The van der Waals surface area contributed by atoms with Crippen LogP contribution in [-0.4, -0.2) is 17.0 Å². The van der Waals surface area contributed by atoms with Gasteiger partial charge >= 0.3 is 5.91 Å². The van der Waals surface area contributed by atoms with Crippen LogP contribution in [0.25, 0.3) is 16.5 Å². The first-order valence-corrected chi connectivity index (χ1v) is 4.91. The average molecular weight is 214 g/mol. The van der Waals surface area contributed by atoms with Crippen molar-refractivity contribution in [2.45, 2.75) is 12.5 Å². The highest BCUT2D eigenvalue weighted by Gasteiger charge is 2.39. The normalized spacial score (nSPS) is 19.4. The third kappa shape index (κ3) is 2.04. The summed E-state index contributed by atoms with van der Waals surface area (Å²) in [4.78, 5) is 13.7. The van der Waals surface area contributed by atoms with Gasteiger partial charge in [0.15, 0.2) is 0 Å². The van der Waals surface area contributed by atoms with E-state index in [0.717, 1.165) is 10.6 Å². The van der Waals surface area contributed by atoms with Crippen LogP contribution in [0.15, 0.2) is 41.6 Å². The molecule has 1 aliphatic heterocycles. The molecule has 1 heterocycles. The molecule has 1 aromatic rings. The predicted octanol–water partition coefficient (Wildman–Crippen LogP) is 2.53. The number of carbonyl (C=O) groups excluding carboxylic acids is 1. The van der Waals surface area contributed by atoms with E-state index in [2.05, 4.69) is 10.1 Å². The lowest BCUT2D eigenvalue weighted by Crippen LogP contribution is -2.47. The first kappa shape index (κ1) is 10.3. The summed E-state index contributed by atoms with van der Waals surface area (Å²) in [5.74, 6) is -0.138. The summed E-state index contributed by atoms with van der Waals surface area (Å²) in [6.45, 7) is 0. The Balaban J connectivity index is 2.03.